The maximum atomic E-state index is 10.5. The van der Waals surface area contributed by atoms with Crippen molar-refractivity contribution in [2.24, 2.45) is 0 Å². The Morgan fingerprint density at radius 2 is 1.77 bits per heavy atom. The maximum absolute atomic E-state index is 10.5. The molecule has 31 heavy (non-hydrogen) atoms. The minimum absolute atomic E-state index is 0.0666. The van der Waals surface area contributed by atoms with Crippen LogP contribution in [0, 0.1) is 6.92 Å². The molecule has 1 aliphatic heterocycles. The number of rotatable bonds is 4. The summed E-state index contributed by atoms with van der Waals surface area (Å²) in [5, 5.41) is 6.89. The fourth-order valence-corrected chi connectivity index (χ4v) is 4.81. The first-order valence-electron chi connectivity index (χ1n) is 10.2. The highest BCUT2D eigenvalue weighted by Gasteiger charge is 2.25. The van der Waals surface area contributed by atoms with Crippen LogP contribution in [0.3, 0.4) is 0 Å². The Balaban J connectivity index is 0.000000210. The number of thiazole rings is 1. The first-order valence-corrected chi connectivity index (χ1v) is 12.5. The van der Waals surface area contributed by atoms with Crippen LogP contribution >= 0.6 is 11.3 Å². The smallest absolute Gasteiger partial charge is 0.294 e. The summed E-state index contributed by atoms with van der Waals surface area (Å²) in [4.78, 5) is 6.75. The van der Waals surface area contributed by atoms with E-state index in [9.17, 15) is 8.42 Å². The van der Waals surface area contributed by atoms with Gasteiger partial charge in [0.05, 0.1) is 16.6 Å². The number of hydrogen-bond donors (Lipinski definition) is 2. The molecule has 0 bridgehead atoms. The lowest BCUT2D eigenvalue weighted by atomic mass is 9.86. The molecule has 2 unspecified atom stereocenters. The van der Waals surface area contributed by atoms with Gasteiger partial charge < -0.3 is 10.2 Å². The minimum Gasteiger partial charge on any atom is -0.354 e. The van der Waals surface area contributed by atoms with Crippen LogP contribution < -0.4 is 10.2 Å². The average Bonchev–Trinajstić information content (AvgIpc) is 3.25. The largest absolute Gasteiger partial charge is 0.354 e. The fourth-order valence-electron chi connectivity index (χ4n) is 3.52. The van der Waals surface area contributed by atoms with Crippen LogP contribution in [0.2, 0.25) is 0 Å². The van der Waals surface area contributed by atoms with Gasteiger partial charge in [0.15, 0.2) is 5.13 Å². The zero-order valence-corrected chi connectivity index (χ0v) is 19.7. The summed E-state index contributed by atoms with van der Waals surface area (Å²) in [6.45, 7) is 2.91. The van der Waals surface area contributed by atoms with Crippen LogP contribution in [-0.2, 0) is 10.1 Å². The molecule has 3 aromatic rings. The molecule has 166 valence electrons. The average molecular weight is 460 g/mol. The zero-order valence-electron chi connectivity index (χ0n) is 18.0. The van der Waals surface area contributed by atoms with Crippen LogP contribution in [0.5, 0.6) is 0 Å². The van der Waals surface area contributed by atoms with Gasteiger partial charge in [0.2, 0.25) is 0 Å². The molecule has 2 N–H and O–H groups in total. The second kappa shape index (κ2) is 10.4. The van der Waals surface area contributed by atoms with Crippen molar-refractivity contribution in [2.75, 3.05) is 25.5 Å². The molecular weight excluding hydrogens is 430 g/mol. The molecule has 4 rings (SSSR count). The number of nitrogens with one attached hydrogen (secondary N) is 1. The van der Waals surface area contributed by atoms with Gasteiger partial charge in [0.1, 0.15) is 0 Å². The topological polar surface area (TPSA) is 82.5 Å². The molecule has 1 saturated heterocycles. The molecule has 0 radical (unpaired) electrons. The van der Waals surface area contributed by atoms with Gasteiger partial charge in [0, 0.05) is 19.5 Å². The number of aromatic nitrogens is 1. The molecule has 2 atom stereocenters. The normalized spacial score (nSPS) is 18.7. The fraction of sp³-hybridized carbons (Fsp3) is 0.348. The van der Waals surface area contributed by atoms with Crippen LogP contribution in [0.25, 0.3) is 0 Å². The summed E-state index contributed by atoms with van der Waals surface area (Å²) < 4.78 is 29.6. The monoisotopic (exact) mass is 459 g/mol. The van der Waals surface area contributed by atoms with Gasteiger partial charge in [-0.25, -0.2) is 4.98 Å². The molecule has 2 heterocycles. The summed E-state index contributed by atoms with van der Waals surface area (Å²) >= 11 is 1.72. The Labute approximate surface area is 188 Å². The van der Waals surface area contributed by atoms with Crippen LogP contribution in [0.15, 0.2) is 64.9 Å². The highest BCUT2D eigenvalue weighted by molar-refractivity contribution is 7.85. The van der Waals surface area contributed by atoms with E-state index in [2.05, 4.69) is 45.9 Å². The van der Waals surface area contributed by atoms with Gasteiger partial charge >= 0.3 is 0 Å². The second-order valence-corrected chi connectivity index (χ2v) is 10.1. The van der Waals surface area contributed by atoms with E-state index in [1.165, 1.54) is 29.8 Å². The molecule has 6 nitrogen and oxygen atoms in total. The molecule has 0 aliphatic carbocycles. The van der Waals surface area contributed by atoms with Crippen molar-refractivity contribution in [3.63, 3.8) is 0 Å². The Morgan fingerprint density at radius 1 is 1.10 bits per heavy atom. The van der Waals surface area contributed by atoms with E-state index in [0.29, 0.717) is 12.0 Å². The summed E-state index contributed by atoms with van der Waals surface area (Å²) in [5.74, 6) is 0.645. The quantitative estimate of drug-likeness (QED) is 0.552. The van der Waals surface area contributed by atoms with E-state index >= 15 is 0 Å². The Morgan fingerprint density at radius 3 is 2.35 bits per heavy atom. The van der Waals surface area contributed by atoms with Gasteiger partial charge in [-0.05, 0) is 49.9 Å². The molecule has 1 fully saturated rings. The molecular formula is C23H29N3O3S2. The van der Waals surface area contributed by atoms with Crippen molar-refractivity contribution in [3.05, 3.63) is 76.8 Å². The summed E-state index contributed by atoms with van der Waals surface area (Å²) in [7, 11) is 0.0711. The van der Waals surface area contributed by atoms with Crippen molar-refractivity contribution >= 4 is 26.6 Å². The lowest BCUT2D eigenvalue weighted by molar-refractivity contribution is 0.365. The van der Waals surface area contributed by atoms with Crippen molar-refractivity contribution in [1.82, 2.24) is 10.3 Å². The van der Waals surface area contributed by atoms with E-state index < -0.39 is 10.1 Å². The lowest BCUT2D eigenvalue weighted by Crippen LogP contribution is -2.31. The summed E-state index contributed by atoms with van der Waals surface area (Å²) in [5.41, 5.74) is 3.61. The minimum atomic E-state index is -4.02. The Kier molecular flexibility index (Phi) is 7.83. The molecule has 0 amide bonds. The maximum Gasteiger partial charge on any atom is 0.294 e. The number of aryl methyl sites for hydroxylation is 1. The molecule has 8 heteroatoms. The number of anilines is 1. The van der Waals surface area contributed by atoms with Crippen molar-refractivity contribution in [2.45, 2.75) is 36.6 Å². The van der Waals surface area contributed by atoms with Crippen molar-refractivity contribution in [3.8, 4) is 0 Å². The van der Waals surface area contributed by atoms with Gasteiger partial charge in [-0.1, -0.05) is 48.0 Å². The lowest BCUT2D eigenvalue weighted by Gasteiger charge is -2.29. The Bertz CT molecular complexity index is 1060. The SMILES string of the molecule is CN(C)c1nc(C2CC(c3ccccc3)CCN2)cs1.Cc1ccc(S(=O)(=O)O)cc1. The third-order valence-electron chi connectivity index (χ3n) is 5.24. The number of hydrogen-bond acceptors (Lipinski definition) is 6. The van der Waals surface area contributed by atoms with Crippen LogP contribution in [0.4, 0.5) is 5.13 Å². The van der Waals surface area contributed by atoms with Gasteiger partial charge in [-0.15, -0.1) is 11.3 Å². The third kappa shape index (κ3) is 6.61. The molecule has 0 spiro atoms. The zero-order chi connectivity index (χ0) is 22.4. The van der Waals surface area contributed by atoms with E-state index in [1.807, 2.05) is 21.0 Å². The van der Waals surface area contributed by atoms with Crippen LogP contribution in [0.1, 0.15) is 41.6 Å². The number of nitrogens with zero attached hydrogens (tertiary/aromatic N) is 2. The standard InChI is InChI=1S/C16H21N3S.C7H8O3S/c1-19(2)16-18-15(11-20-16)14-10-13(8-9-17-14)12-6-4-3-5-7-12;1-6-2-4-7(5-3-6)11(8,9)10/h3-7,11,13-14,17H,8-10H2,1-2H3;2-5H,1H3,(H,8,9,10). The van der Waals surface area contributed by atoms with E-state index in [-0.39, 0.29) is 4.90 Å². The second-order valence-electron chi connectivity index (χ2n) is 7.88. The van der Waals surface area contributed by atoms with Gasteiger partial charge in [0.25, 0.3) is 10.1 Å². The highest BCUT2D eigenvalue weighted by atomic mass is 32.2. The van der Waals surface area contributed by atoms with E-state index in [4.69, 9.17) is 9.54 Å². The van der Waals surface area contributed by atoms with Crippen molar-refractivity contribution in [1.29, 1.82) is 0 Å². The summed E-state index contributed by atoms with van der Waals surface area (Å²) in [6.07, 6.45) is 2.35. The number of benzene rings is 2. The first kappa shape index (κ1) is 23.4. The van der Waals surface area contributed by atoms with Crippen LogP contribution in [-0.4, -0.2) is 38.6 Å². The van der Waals surface area contributed by atoms with E-state index in [0.717, 1.165) is 23.7 Å². The molecule has 1 aliphatic rings. The first-order chi connectivity index (χ1) is 14.7. The van der Waals surface area contributed by atoms with E-state index in [1.54, 1.807) is 23.5 Å². The molecule has 0 saturated carbocycles. The summed E-state index contributed by atoms with van der Waals surface area (Å²) in [6, 6.07) is 17.2. The predicted molar refractivity (Wildman–Crippen MR) is 127 cm³/mol. The van der Waals surface area contributed by atoms with Gasteiger partial charge in [-0.3, -0.25) is 4.55 Å². The predicted octanol–water partition coefficient (Wildman–Crippen LogP) is 4.66. The number of piperidine rings is 1. The highest BCUT2D eigenvalue weighted by Crippen LogP contribution is 2.35. The third-order valence-corrected chi connectivity index (χ3v) is 7.14. The Hall–Kier alpha value is -2.26. The van der Waals surface area contributed by atoms with Crippen molar-refractivity contribution < 1.29 is 13.0 Å². The molecule has 2 aromatic carbocycles. The molecule has 1 aromatic heterocycles. The van der Waals surface area contributed by atoms with Gasteiger partial charge in [-0.2, -0.15) is 8.42 Å².